The van der Waals surface area contributed by atoms with E-state index < -0.39 is 23.7 Å². The van der Waals surface area contributed by atoms with E-state index in [1.165, 1.54) is 125 Å². The third-order valence-electron chi connectivity index (χ3n) is 19.5. The molecule has 79 heavy (non-hydrogen) atoms. The van der Waals surface area contributed by atoms with Gasteiger partial charge in [0.1, 0.15) is 17.3 Å². The topological polar surface area (TPSA) is 98.0 Å². The van der Waals surface area contributed by atoms with Crippen molar-refractivity contribution in [3.63, 3.8) is 0 Å². The molecule has 0 saturated heterocycles. The van der Waals surface area contributed by atoms with E-state index in [4.69, 9.17) is 6.42 Å². The second kappa shape index (κ2) is 26.2. The van der Waals surface area contributed by atoms with Gasteiger partial charge in [0.05, 0.1) is 11.7 Å². The lowest BCUT2D eigenvalue weighted by Crippen LogP contribution is -2.20. The second-order valence-corrected chi connectivity index (χ2v) is 24.3. The van der Waals surface area contributed by atoms with Gasteiger partial charge >= 0.3 is 0 Å². The number of hydrogen-bond acceptors (Lipinski definition) is 5. The van der Waals surface area contributed by atoms with Crippen molar-refractivity contribution in [2.24, 2.45) is 5.92 Å². The van der Waals surface area contributed by atoms with Gasteiger partial charge in [0.15, 0.2) is 5.78 Å². The molecule has 412 valence electrons. The SMILES string of the molecule is C#C/C(C)=C(O)/C1=C\CC(c2ccc(C3CCCCC3)cc2)/C(O)=C/CC(c2ccc(C3CCCCC3)cc2)C2=CC(C=C2O)C(c2ccc(C3CCCCC3)cc2)C(/C(O)=C\C)=C/C(=O)C1c1ccc(C2CCCCC2)cc1. The van der Waals surface area contributed by atoms with Crippen LogP contribution in [0.15, 0.2) is 179 Å². The van der Waals surface area contributed by atoms with Crippen molar-refractivity contribution in [2.75, 3.05) is 0 Å². The predicted octanol–water partition coefficient (Wildman–Crippen LogP) is 19.9. The molecule has 6 aliphatic carbocycles. The Labute approximate surface area is 472 Å². The number of aliphatic hydroxyl groups is 4. The molecule has 6 aliphatic rings. The highest BCUT2D eigenvalue weighted by molar-refractivity contribution is 5.99. The molecule has 4 aromatic rings. The molecule has 2 bridgehead atoms. The highest BCUT2D eigenvalue weighted by atomic mass is 16.3. The predicted molar refractivity (Wildman–Crippen MR) is 324 cm³/mol. The van der Waals surface area contributed by atoms with Crippen LogP contribution in [0.4, 0.5) is 0 Å². The Bertz CT molecular complexity index is 3000. The zero-order valence-corrected chi connectivity index (χ0v) is 47.2. The lowest BCUT2D eigenvalue weighted by Gasteiger charge is -2.28. The summed E-state index contributed by atoms with van der Waals surface area (Å²) >= 11 is 0. The first kappa shape index (κ1) is 55.8. The molecule has 5 heteroatoms. The van der Waals surface area contributed by atoms with Crippen molar-refractivity contribution in [1.29, 1.82) is 0 Å². The van der Waals surface area contributed by atoms with E-state index in [2.05, 4.69) is 96.9 Å². The number of rotatable bonds is 10. The van der Waals surface area contributed by atoms with Crippen LogP contribution in [0.2, 0.25) is 0 Å². The average Bonchev–Trinajstić information content (AvgIpc) is 3.92. The summed E-state index contributed by atoms with van der Waals surface area (Å²) in [5.74, 6) is 1.52. The molecule has 5 nitrogen and oxygen atoms in total. The van der Waals surface area contributed by atoms with E-state index >= 15 is 4.79 Å². The lowest BCUT2D eigenvalue weighted by atomic mass is 9.76. The van der Waals surface area contributed by atoms with Gasteiger partial charge in [-0.1, -0.05) is 192 Å². The molecule has 4 fully saturated rings. The Morgan fingerprint density at radius 1 is 0.506 bits per heavy atom. The number of carbonyl (C=O) groups excluding carboxylic acids is 1. The number of aliphatic hydroxyl groups excluding tert-OH is 4. The van der Waals surface area contributed by atoms with E-state index in [9.17, 15) is 20.4 Å². The first-order chi connectivity index (χ1) is 38.6. The van der Waals surface area contributed by atoms with Crippen molar-refractivity contribution in [3.05, 3.63) is 223 Å². The van der Waals surface area contributed by atoms with Crippen LogP contribution in [-0.2, 0) is 4.79 Å². The third kappa shape index (κ3) is 12.9. The molecule has 0 amide bonds. The molecular formula is C74H86O5. The monoisotopic (exact) mass is 1050 g/mol. The summed E-state index contributed by atoms with van der Waals surface area (Å²) in [5, 5.41) is 50.1. The minimum Gasteiger partial charge on any atom is -0.512 e. The normalized spacial score (nSPS) is 27.3. The number of carbonyl (C=O) groups is 1. The fraction of sp³-hybridized carbons (Fsp3) is 0.446. The minimum absolute atomic E-state index is 0.0264. The van der Waals surface area contributed by atoms with Gasteiger partial charge in [0.2, 0.25) is 0 Å². The minimum atomic E-state index is -1.04. The van der Waals surface area contributed by atoms with Gasteiger partial charge in [-0.25, -0.2) is 0 Å². The Balaban J connectivity index is 1.17. The van der Waals surface area contributed by atoms with E-state index in [0.29, 0.717) is 52.4 Å². The van der Waals surface area contributed by atoms with Crippen molar-refractivity contribution >= 4 is 5.78 Å². The molecule has 0 heterocycles. The average molecular weight is 1060 g/mol. The molecule has 4 aromatic carbocycles. The first-order valence-electron chi connectivity index (χ1n) is 30.7. The fourth-order valence-corrected chi connectivity index (χ4v) is 14.8. The quantitative estimate of drug-likeness (QED) is 0.0937. The Hall–Kier alpha value is -6.51. The number of benzene rings is 4. The summed E-state index contributed by atoms with van der Waals surface area (Å²) in [5.41, 5.74) is 10.6. The molecule has 0 aliphatic heterocycles. The van der Waals surface area contributed by atoms with E-state index in [-0.39, 0.29) is 41.2 Å². The summed E-state index contributed by atoms with van der Waals surface area (Å²) in [7, 11) is 0. The largest absolute Gasteiger partial charge is 0.512 e. The molecule has 10 rings (SSSR count). The fourth-order valence-electron chi connectivity index (χ4n) is 14.8. The molecule has 0 spiro atoms. The van der Waals surface area contributed by atoms with Crippen LogP contribution in [-0.4, -0.2) is 26.2 Å². The van der Waals surface area contributed by atoms with Crippen LogP contribution in [0, 0.1) is 18.3 Å². The van der Waals surface area contributed by atoms with Gasteiger partial charge < -0.3 is 20.4 Å². The second-order valence-electron chi connectivity index (χ2n) is 24.3. The highest BCUT2D eigenvalue weighted by Crippen LogP contribution is 2.48. The Kier molecular flexibility index (Phi) is 18.5. The molecule has 5 unspecified atom stereocenters. The van der Waals surface area contributed by atoms with E-state index in [0.717, 1.165) is 47.9 Å². The molecule has 5 atom stereocenters. The third-order valence-corrected chi connectivity index (χ3v) is 19.5. The van der Waals surface area contributed by atoms with Crippen molar-refractivity contribution in [3.8, 4) is 12.3 Å². The summed E-state index contributed by atoms with van der Waals surface area (Å²) in [6.45, 7) is 3.49. The van der Waals surface area contributed by atoms with E-state index in [1.54, 1.807) is 26.0 Å². The number of fused-ring (bicyclic) bond motifs is 1. The zero-order valence-electron chi connectivity index (χ0n) is 47.2. The van der Waals surface area contributed by atoms with Crippen molar-refractivity contribution < 1.29 is 25.2 Å². The van der Waals surface area contributed by atoms with Crippen LogP contribution in [0.5, 0.6) is 0 Å². The molecule has 0 radical (unpaired) electrons. The lowest BCUT2D eigenvalue weighted by molar-refractivity contribution is -0.115. The van der Waals surface area contributed by atoms with Crippen LogP contribution >= 0.6 is 0 Å². The maximum atomic E-state index is 16.1. The number of hydrogen-bond donors (Lipinski definition) is 4. The van der Waals surface area contributed by atoms with Gasteiger partial charge in [-0.05, 0) is 176 Å². The van der Waals surface area contributed by atoms with Crippen molar-refractivity contribution in [1.82, 2.24) is 0 Å². The zero-order chi connectivity index (χ0) is 54.8. The number of allylic oxidation sites excluding steroid dienone is 11. The Morgan fingerprint density at radius 3 is 1.33 bits per heavy atom. The van der Waals surface area contributed by atoms with Gasteiger partial charge in [-0.2, -0.15) is 0 Å². The molecule has 0 aromatic heterocycles. The standard InChI is InChI=1S/C74H86O5/c1-4-49(3)74(79)65-43-42-64(59-36-28-55(29-37-59)51-20-12-7-13-21-51)69(76)45-44-63(58-34-26-54(27-35-58)50-18-10-6-11-19-50)66-46-62(47-70(66)77)72(60-38-30-56(31-39-60)52-22-14-8-15-23-52)67(68(75)5-2)48-71(78)73(65)61-40-32-57(33-41-61)53-24-16-9-17-25-53/h1,5,26-41,43,45-48,50-53,62-64,72-73,75-77,79H,6-25,42,44H2,2-3H3/b65-43-,67-48+,68-5+,69-45-,74-49-. The van der Waals surface area contributed by atoms with Gasteiger partial charge in [0, 0.05) is 40.4 Å². The van der Waals surface area contributed by atoms with Crippen LogP contribution in [0.3, 0.4) is 0 Å². The van der Waals surface area contributed by atoms with Crippen LogP contribution in [0.25, 0.3) is 0 Å². The number of ketones is 1. The van der Waals surface area contributed by atoms with Crippen LogP contribution < -0.4 is 0 Å². The maximum Gasteiger partial charge on any atom is 0.168 e. The summed E-state index contributed by atoms with van der Waals surface area (Å²) in [6.07, 6.45) is 42.1. The van der Waals surface area contributed by atoms with Gasteiger partial charge in [0.25, 0.3) is 0 Å². The van der Waals surface area contributed by atoms with Gasteiger partial charge in [-0.15, -0.1) is 6.42 Å². The Morgan fingerprint density at radius 2 is 0.899 bits per heavy atom. The molecule has 4 saturated carbocycles. The molecule has 4 N–H and O–H groups in total. The summed E-state index contributed by atoms with van der Waals surface area (Å²) in [4.78, 5) is 16.1. The summed E-state index contributed by atoms with van der Waals surface area (Å²) in [6, 6.07) is 34.9. The van der Waals surface area contributed by atoms with Crippen molar-refractivity contribution in [2.45, 2.75) is 202 Å². The first-order valence-corrected chi connectivity index (χ1v) is 30.7. The maximum absolute atomic E-state index is 16.1. The number of terminal acetylenes is 1. The van der Waals surface area contributed by atoms with Crippen LogP contribution in [0.1, 0.15) is 247 Å². The smallest absolute Gasteiger partial charge is 0.168 e. The van der Waals surface area contributed by atoms with E-state index in [1.807, 2.05) is 30.4 Å². The highest BCUT2D eigenvalue weighted by Gasteiger charge is 2.37. The summed E-state index contributed by atoms with van der Waals surface area (Å²) < 4.78 is 0. The van der Waals surface area contributed by atoms with Gasteiger partial charge in [-0.3, -0.25) is 4.79 Å². The molecular weight excluding hydrogens is 969 g/mol.